The minimum absolute atomic E-state index is 0. The molecule has 0 aromatic rings. The summed E-state index contributed by atoms with van der Waals surface area (Å²) in [6, 6.07) is 1.09. The lowest BCUT2D eigenvalue weighted by Crippen LogP contribution is -2.40. The zero-order valence-electron chi connectivity index (χ0n) is 17.5. The predicted octanol–water partition coefficient (Wildman–Crippen LogP) is 3.58. The van der Waals surface area contributed by atoms with Crippen LogP contribution in [0.15, 0.2) is 12.3 Å². The number of hydrogen-bond acceptors (Lipinski definition) is 5. The first-order valence-corrected chi connectivity index (χ1v) is 12.4. The van der Waals surface area contributed by atoms with E-state index in [9.17, 15) is 0 Å². The Labute approximate surface area is 152 Å². The number of rotatable bonds is 9. The van der Waals surface area contributed by atoms with Crippen LogP contribution in [-0.2, 0) is 22.1 Å². The molecule has 0 unspecified atom stereocenters. The summed E-state index contributed by atoms with van der Waals surface area (Å²) >= 11 is 0. The first-order valence-electron chi connectivity index (χ1n) is 8.09. The molecule has 6 nitrogen and oxygen atoms in total. The van der Waals surface area contributed by atoms with E-state index < -0.39 is 17.4 Å². The van der Waals surface area contributed by atoms with Crippen LogP contribution in [0.4, 0.5) is 0 Å². The van der Waals surface area contributed by atoms with Crippen LogP contribution in [0, 0.1) is 5.92 Å². The van der Waals surface area contributed by atoms with Crippen LogP contribution in [0.3, 0.4) is 0 Å². The molecule has 150 valence electrons. The van der Waals surface area contributed by atoms with Crippen LogP contribution < -0.4 is 0 Å². The minimum atomic E-state index is -2.43. The minimum Gasteiger partial charge on any atom is -0.412 e. The van der Waals surface area contributed by atoms with E-state index in [2.05, 4.69) is 40.8 Å². The molecule has 0 radical (unpaired) electrons. The van der Waals surface area contributed by atoms with Crippen molar-refractivity contribution in [3.8, 4) is 0 Å². The van der Waals surface area contributed by atoms with Gasteiger partial charge < -0.3 is 27.6 Å². The SMILES string of the molecule is C=C[Si](OC)(OC)OC.CCC.CO[Si](C)(CCC(C)C)OC.O. The molecule has 0 fully saturated rings. The second-order valence-electron chi connectivity index (χ2n) is 5.60. The standard InChI is InChI=1S/C8H20O2Si.C5H12O3Si.C3H8.H2O/c1-8(2)6-7-11(5,9-3)10-4;1-5-9(6-2,7-3)8-4;1-3-2;/h8H,6-7H2,1-5H3;5H,1H2,2-4H3;3H2,1-2H3;1H2. The lowest BCUT2D eigenvalue weighted by Gasteiger charge is -2.23. The zero-order chi connectivity index (χ0) is 18.9. The molecular formula is C16H42O6Si2. The van der Waals surface area contributed by atoms with E-state index in [-0.39, 0.29) is 5.48 Å². The maximum atomic E-state index is 5.35. The van der Waals surface area contributed by atoms with Crippen molar-refractivity contribution in [2.45, 2.75) is 53.1 Å². The monoisotopic (exact) mass is 386 g/mol. The Morgan fingerprint density at radius 3 is 1.33 bits per heavy atom. The van der Waals surface area contributed by atoms with Gasteiger partial charge in [-0.1, -0.05) is 40.7 Å². The number of hydrogen-bond donors (Lipinski definition) is 0. The first-order chi connectivity index (χ1) is 10.7. The normalized spacial score (nSPS) is 10.8. The summed E-state index contributed by atoms with van der Waals surface area (Å²) in [4.78, 5) is 0. The molecule has 0 amide bonds. The summed E-state index contributed by atoms with van der Waals surface area (Å²) < 4.78 is 25.6. The fourth-order valence-corrected chi connectivity index (χ4v) is 4.01. The average Bonchev–Trinajstić information content (AvgIpc) is 2.57. The molecule has 0 rings (SSSR count). The van der Waals surface area contributed by atoms with Crippen molar-refractivity contribution in [2.24, 2.45) is 5.92 Å². The van der Waals surface area contributed by atoms with E-state index in [0.29, 0.717) is 0 Å². The molecule has 0 saturated heterocycles. The molecule has 24 heavy (non-hydrogen) atoms. The van der Waals surface area contributed by atoms with Crippen molar-refractivity contribution in [3.63, 3.8) is 0 Å². The summed E-state index contributed by atoms with van der Waals surface area (Å²) in [6.45, 7) is 14.3. The lowest BCUT2D eigenvalue weighted by molar-refractivity contribution is 0.138. The van der Waals surface area contributed by atoms with E-state index in [0.717, 1.165) is 12.0 Å². The summed E-state index contributed by atoms with van der Waals surface area (Å²) in [5.41, 5.74) is 1.58. The van der Waals surface area contributed by atoms with Gasteiger partial charge in [0.25, 0.3) is 0 Å². The molecule has 0 heterocycles. The first kappa shape index (κ1) is 31.7. The van der Waals surface area contributed by atoms with Crippen molar-refractivity contribution < 1.29 is 27.6 Å². The molecule has 0 aliphatic carbocycles. The molecule has 0 aromatic carbocycles. The maximum absolute atomic E-state index is 5.35. The Kier molecular flexibility index (Phi) is 25.4. The van der Waals surface area contributed by atoms with Crippen molar-refractivity contribution in [1.82, 2.24) is 0 Å². The van der Waals surface area contributed by atoms with Gasteiger partial charge in [0.05, 0.1) is 0 Å². The third kappa shape index (κ3) is 16.8. The Morgan fingerprint density at radius 2 is 1.21 bits per heavy atom. The van der Waals surface area contributed by atoms with Crippen molar-refractivity contribution in [3.05, 3.63) is 12.3 Å². The van der Waals surface area contributed by atoms with Crippen LogP contribution in [0.1, 0.15) is 40.5 Å². The van der Waals surface area contributed by atoms with Crippen molar-refractivity contribution in [1.29, 1.82) is 0 Å². The van der Waals surface area contributed by atoms with Gasteiger partial charge >= 0.3 is 17.4 Å². The van der Waals surface area contributed by atoms with Gasteiger partial charge in [-0.15, -0.1) is 0 Å². The Balaban J connectivity index is -0.000000140. The summed E-state index contributed by atoms with van der Waals surface area (Å²) in [5, 5.41) is 0. The average molecular weight is 387 g/mol. The molecule has 0 aliphatic rings. The van der Waals surface area contributed by atoms with E-state index in [1.807, 2.05) is 0 Å². The van der Waals surface area contributed by atoms with Crippen LogP contribution in [-0.4, -0.2) is 58.4 Å². The molecular weight excluding hydrogens is 344 g/mol. The lowest BCUT2D eigenvalue weighted by atomic mass is 10.2. The van der Waals surface area contributed by atoms with Gasteiger partial charge in [-0.2, -0.15) is 0 Å². The maximum Gasteiger partial charge on any atom is 0.528 e. The second-order valence-corrected chi connectivity index (χ2v) is 12.0. The van der Waals surface area contributed by atoms with Crippen LogP contribution in [0.5, 0.6) is 0 Å². The predicted molar refractivity (Wildman–Crippen MR) is 106 cm³/mol. The summed E-state index contributed by atoms with van der Waals surface area (Å²) in [6.07, 6.45) is 2.45. The summed E-state index contributed by atoms with van der Waals surface area (Å²) in [5.74, 6) is 0.743. The quantitative estimate of drug-likeness (QED) is 0.566. The van der Waals surface area contributed by atoms with Gasteiger partial charge in [-0.05, 0) is 30.6 Å². The Morgan fingerprint density at radius 1 is 0.875 bits per heavy atom. The van der Waals surface area contributed by atoms with E-state index in [4.69, 9.17) is 22.1 Å². The van der Waals surface area contributed by atoms with Gasteiger partial charge in [0.2, 0.25) is 0 Å². The van der Waals surface area contributed by atoms with Crippen LogP contribution >= 0.6 is 0 Å². The molecule has 2 N–H and O–H groups in total. The molecule has 0 aliphatic heterocycles. The van der Waals surface area contributed by atoms with Crippen molar-refractivity contribution >= 4 is 17.4 Å². The molecule has 0 saturated carbocycles. The molecule has 0 aromatic heterocycles. The van der Waals surface area contributed by atoms with Gasteiger partial charge in [0.1, 0.15) is 0 Å². The van der Waals surface area contributed by atoms with Gasteiger partial charge in [-0.25, -0.2) is 0 Å². The van der Waals surface area contributed by atoms with Gasteiger partial charge in [-0.3, -0.25) is 0 Å². The highest BCUT2D eigenvalue weighted by Gasteiger charge is 2.33. The van der Waals surface area contributed by atoms with Crippen LogP contribution in [0.2, 0.25) is 12.6 Å². The molecule has 0 bridgehead atoms. The van der Waals surface area contributed by atoms with E-state index in [1.54, 1.807) is 41.2 Å². The topological polar surface area (TPSA) is 77.7 Å². The van der Waals surface area contributed by atoms with Gasteiger partial charge in [0.15, 0.2) is 0 Å². The van der Waals surface area contributed by atoms with Gasteiger partial charge in [0, 0.05) is 35.5 Å². The smallest absolute Gasteiger partial charge is 0.412 e. The Bertz CT molecular complexity index is 249. The molecule has 0 atom stereocenters. The largest absolute Gasteiger partial charge is 0.528 e. The van der Waals surface area contributed by atoms with E-state index in [1.165, 1.54) is 12.8 Å². The van der Waals surface area contributed by atoms with E-state index >= 15 is 0 Å². The summed E-state index contributed by atoms with van der Waals surface area (Å²) in [7, 11) is 3.93. The fraction of sp³-hybridized carbons (Fsp3) is 0.875. The molecule has 8 heteroatoms. The fourth-order valence-electron chi connectivity index (χ4n) is 1.34. The van der Waals surface area contributed by atoms with Crippen molar-refractivity contribution in [2.75, 3.05) is 35.5 Å². The Hall–Kier alpha value is -0.0662. The highest BCUT2D eigenvalue weighted by atomic mass is 28.4. The van der Waals surface area contributed by atoms with Crippen LogP contribution in [0.25, 0.3) is 0 Å². The zero-order valence-corrected chi connectivity index (χ0v) is 19.5. The third-order valence-electron chi connectivity index (χ3n) is 3.14. The third-order valence-corrected chi connectivity index (χ3v) is 8.27. The highest BCUT2D eigenvalue weighted by molar-refractivity contribution is 6.66. The molecule has 0 spiro atoms. The highest BCUT2D eigenvalue weighted by Crippen LogP contribution is 2.17. The second kappa shape index (κ2) is 19.3.